The fourth-order valence-corrected chi connectivity index (χ4v) is 1.95. The molecule has 1 heterocycles. The van der Waals surface area contributed by atoms with E-state index in [4.69, 9.17) is 14.2 Å². The van der Waals surface area contributed by atoms with Gasteiger partial charge in [0.25, 0.3) is 11.9 Å². The highest BCUT2D eigenvalue weighted by Crippen LogP contribution is 2.32. The van der Waals surface area contributed by atoms with E-state index in [1.807, 2.05) is 6.92 Å². The van der Waals surface area contributed by atoms with Crippen molar-refractivity contribution in [3.8, 4) is 11.5 Å². The topological polar surface area (TPSA) is 69.2 Å². The monoisotopic (exact) mass is 320 g/mol. The number of benzene rings is 1. The molecule has 23 heavy (non-hydrogen) atoms. The first-order chi connectivity index (χ1) is 11.1. The molecule has 0 saturated carbocycles. The zero-order valence-corrected chi connectivity index (χ0v) is 13.9. The minimum absolute atomic E-state index is 0.182. The molecule has 6 heteroatoms. The van der Waals surface area contributed by atoms with Crippen LogP contribution in [0.5, 0.6) is 11.5 Å². The predicted octanol–water partition coefficient (Wildman–Crippen LogP) is 2.97. The Balaban J connectivity index is 2.01. The van der Waals surface area contributed by atoms with Crippen molar-refractivity contribution in [3.05, 3.63) is 23.8 Å². The molecule has 6 nitrogen and oxygen atoms in total. The van der Waals surface area contributed by atoms with E-state index in [1.165, 1.54) is 0 Å². The van der Waals surface area contributed by atoms with Crippen LogP contribution in [0, 0.1) is 5.92 Å². The Labute approximate surface area is 136 Å². The molecule has 2 rings (SSSR count). The van der Waals surface area contributed by atoms with E-state index in [0.717, 1.165) is 12.8 Å². The zero-order chi connectivity index (χ0) is 16.7. The Bertz CT molecular complexity index is 570. The van der Waals surface area contributed by atoms with Crippen molar-refractivity contribution in [2.24, 2.45) is 10.9 Å². The van der Waals surface area contributed by atoms with Gasteiger partial charge in [0.1, 0.15) is 0 Å². The van der Waals surface area contributed by atoms with E-state index < -0.39 is 0 Å². The molecule has 1 amide bonds. The number of carbonyl (C=O) groups is 1. The van der Waals surface area contributed by atoms with Crippen LogP contribution < -0.4 is 14.8 Å². The molecule has 1 aromatic rings. The summed E-state index contributed by atoms with van der Waals surface area (Å²) in [5.74, 6) is 1.50. The fourth-order valence-electron chi connectivity index (χ4n) is 1.95. The molecule has 1 N–H and O–H groups in total. The molecular formula is C17H24N2O4. The van der Waals surface area contributed by atoms with Crippen LogP contribution in [0.1, 0.15) is 44.0 Å². The van der Waals surface area contributed by atoms with Crippen molar-refractivity contribution < 1.29 is 19.0 Å². The molecule has 126 valence electrons. The van der Waals surface area contributed by atoms with Gasteiger partial charge in [-0.05, 0) is 37.0 Å². The van der Waals surface area contributed by atoms with Gasteiger partial charge in [0.2, 0.25) is 6.79 Å². The first kappa shape index (κ1) is 17.1. The van der Waals surface area contributed by atoms with Gasteiger partial charge in [-0.15, -0.1) is 0 Å². The number of amidine groups is 1. The maximum Gasteiger partial charge on any atom is 0.291 e. The summed E-state index contributed by atoms with van der Waals surface area (Å²) in [4.78, 5) is 16.7. The van der Waals surface area contributed by atoms with E-state index in [2.05, 4.69) is 24.2 Å². The van der Waals surface area contributed by atoms with Crippen LogP contribution in [-0.2, 0) is 4.74 Å². The number of nitrogens with zero attached hydrogens (tertiary/aromatic N) is 1. The molecule has 0 aromatic heterocycles. The second-order valence-electron chi connectivity index (χ2n) is 5.74. The summed E-state index contributed by atoms with van der Waals surface area (Å²) < 4.78 is 16.0. The lowest BCUT2D eigenvalue weighted by Crippen LogP contribution is -2.33. The normalized spacial score (nSPS) is 13.3. The van der Waals surface area contributed by atoms with Gasteiger partial charge in [0.05, 0.1) is 6.61 Å². The van der Waals surface area contributed by atoms with Crippen molar-refractivity contribution in [1.82, 2.24) is 5.32 Å². The van der Waals surface area contributed by atoms with Gasteiger partial charge in [-0.25, -0.2) is 4.99 Å². The molecule has 0 aliphatic carbocycles. The van der Waals surface area contributed by atoms with Gasteiger partial charge in [-0.1, -0.05) is 20.8 Å². The van der Waals surface area contributed by atoms with E-state index in [9.17, 15) is 4.79 Å². The zero-order valence-electron chi connectivity index (χ0n) is 13.9. The first-order valence-electron chi connectivity index (χ1n) is 7.98. The summed E-state index contributed by atoms with van der Waals surface area (Å²) in [5.41, 5.74) is 0.478. The third-order valence-corrected chi connectivity index (χ3v) is 3.26. The molecule has 0 radical (unpaired) electrons. The molecule has 1 aliphatic rings. The molecule has 1 aromatic carbocycles. The smallest absolute Gasteiger partial charge is 0.291 e. The van der Waals surface area contributed by atoms with Crippen molar-refractivity contribution >= 4 is 11.9 Å². The Hall–Kier alpha value is -2.24. The quantitative estimate of drug-likeness (QED) is 0.646. The number of nitrogens with one attached hydrogen (secondary N) is 1. The highest BCUT2D eigenvalue weighted by atomic mass is 16.7. The fraction of sp³-hybridized carbons (Fsp3) is 0.529. The molecule has 0 atom stereocenters. The Morgan fingerprint density at radius 3 is 2.87 bits per heavy atom. The van der Waals surface area contributed by atoms with Crippen LogP contribution in [0.25, 0.3) is 0 Å². The van der Waals surface area contributed by atoms with Gasteiger partial charge in [-0.2, -0.15) is 0 Å². The average molecular weight is 320 g/mol. The molecule has 0 fully saturated rings. The van der Waals surface area contributed by atoms with Crippen molar-refractivity contribution in [1.29, 1.82) is 0 Å². The van der Waals surface area contributed by atoms with Gasteiger partial charge in [0.15, 0.2) is 11.5 Å². The van der Waals surface area contributed by atoms with Crippen molar-refractivity contribution in [2.75, 3.05) is 19.9 Å². The second kappa shape index (κ2) is 8.41. The highest BCUT2D eigenvalue weighted by Gasteiger charge is 2.17. The Morgan fingerprint density at radius 2 is 2.13 bits per heavy atom. The minimum Gasteiger partial charge on any atom is -0.465 e. The summed E-state index contributed by atoms with van der Waals surface area (Å²) in [5, 5.41) is 2.73. The van der Waals surface area contributed by atoms with E-state index in [0.29, 0.717) is 36.1 Å². The van der Waals surface area contributed by atoms with Crippen molar-refractivity contribution in [3.63, 3.8) is 0 Å². The lowest BCUT2D eigenvalue weighted by Gasteiger charge is -2.11. The third kappa shape index (κ3) is 5.16. The second-order valence-corrected chi connectivity index (χ2v) is 5.74. The maximum atomic E-state index is 12.3. The van der Waals surface area contributed by atoms with Crippen LogP contribution in [0.3, 0.4) is 0 Å². The van der Waals surface area contributed by atoms with Crippen LogP contribution in [-0.4, -0.2) is 31.9 Å². The van der Waals surface area contributed by atoms with E-state index in [1.54, 1.807) is 18.2 Å². The van der Waals surface area contributed by atoms with Gasteiger partial charge >= 0.3 is 0 Å². The number of fused-ring (bicyclic) bond motifs is 1. The highest BCUT2D eigenvalue weighted by molar-refractivity contribution is 6.04. The molecule has 0 bridgehead atoms. The summed E-state index contributed by atoms with van der Waals surface area (Å²) in [6.45, 7) is 7.59. The van der Waals surface area contributed by atoms with Crippen LogP contribution >= 0.6 is 0 Å². The standard InChI is InChI=1S/C17H24N2O4/c1-4-9-21-17(18-8-7-12(2)3)19-16(20)13-5-6-14-15(10-13)23-11-22-14/h5-6,10,12H,4,7-9,11H2,1-3H3,(H,18,19,20). The number of carbonyl (C=O) groups excluding carboxylic acids is 1. The molecule has 0 unspecified atom stereocenters. The van der Waals surface area contributed by atoms with Gasteiger partial charge in [-0.3, -0.25) is 10.1 Å². The summed E-state index contributed by atoms with van der Waals surface area (Å²) >= 11 is 0. The van der Waals surface area contributed by atoms with E-state index >= 15 is 0 Å². The summed E-state index contributed by atoms with van der Waals surface area (Å²) in [7, 11) is 0. The number of hydrogen-bond donors (Lipinski definition) is 1. The Morgan fingerprint density at radius 1 is 1.35 bits per heavy atom. The third-order valence-electron chi connectivity index (χ3n) is 3.26. The minimum atomic E-state index is -0.275. The average Bonchev–Trinajstić information content (AvgIpc) is 2.99. The maximum absolute atomic E-state index is 12.3. The molecule has 0 spiro atoms. The molecule has 0 saturated heterocycles. The number of amides is 1. The summed E-state index contributed by atoms with van der Waals surface area (Å²) in [6.07, 6.45) is 1.79. The summed E-state index contributed by atoms with van der Waals surface area (Å²) in [6, 6.07) is 5.34. The number of rotatable bonds is 6. The largest absolute Gasteiger partial charge is 0.465 e. The van der Waals surface area contributed by atoms with Gasteiger partial charge < -0.3 is 14.2 Å². The molecule has 1 aliphatic heterocycles. The van der Waals surface area contributed by atoms with Crippen LogP contribution in [0.4, 0.5) is 0 Å². The first-order valence-corrected chi connectivity index (χ1v) is 7.98. The van der Waals surface area contributed by atoms with E-state index in [-0.39, 0.29) is 18.7 Å². The number of ether oxygens (including phenoxy) is 3. The lowest BCUT2D eigenvalue weighted by atomic mass is 10.1. The number of aliphatic imine (C=N–C) groups is 1. The molecular weight excluding hydrogens is 296 g/mol. The predicted molar refractivity (Wildman–Crippen MR) is 88.0 cm³/mol. The Kier molecular flexibility index (Phi) is 6.26. The van der Waals surface area contributed by atoms with Crippen molar-refractivity contribution in [2.45, 2.75) is 33.6 Å². The number of hydrogen-bond acceptors (Lipinski definition) is 5. The van der Waals surface area contributed by atoms with Crippen LogP contribution in [0.15, 0.2) is 23.2 Å². The van der Waals surface area contributed by atoms with Crippen LogP contribution in [0.2, 0.25) is 0 Å². The SMILES string of the molecule is CCCOC(=NCCC(C)C)NC(=O)c1ccc2c(c1)OCO2. The lowest BCUT2D eigenvalue weighted by molar-refractivity contribution is 0.0965. The van der Waals surface area contributed by atoms with Gasteiger partial charge in [0, 0.05) is 12.1 Å².